The predicted molar refractivity (Wildman–Crippen MR) is 136 cm³/mol. The van der Waals surface area contributed by atoms with E-state index in [0.29, 0.717) is 37.1 Å². The number of aromatic amines is 1. The molecule has 0 aliphatic rings. The molecule has 4 aromatic rings. The number of aryl methyl sites for hydroxylation is 1. The lowest BCUT2D eigenvalue weighted by molar-refractivity contribution is -0.121. The molecule has 0 spiro atoms. The maximum Gasteiger partial charge on any atom is 0.335 e. The van der Waals surface area contributed by atoms with Crippen LogP contribution in [0.1, 0.15) is 28.8 Å². The quantitative estimate of drug-likeness (QED) is 0.261. The van der Waals surface area contributed by atoms with Gasteiger partial charge in [-0.3, -0.25) is 9.59 Å². The number of hydrogen-bond acceptors (Lipinski definition) is 5. The fourth-order valence-electron chi connectivity index (χ4n) is 3.79. The number of benzene rings is 3. The number of carboxylic acids is 1. The number of aromatic nitrogens is 2. The Labute approximate surface area is 202 Å². The van der Waals surface area contributed by atoms with Crippen molar-refractivity contribution in [1.82, 2.24) is 15.5 Å². The molecule has 0 saturated heterocycles. The number of hydrogen-bond donors (Lipinski definition) is 4. The van der Waals surface area contributed by atoms with E-state index in [1.165, 1.54) is 0 Å². The Balaban J connectivity index is 1.18. The molecule has 4 N–H and O–H groups in total. The van der Waals surface area contributed by atoms with Crippen LogP contribution in [0, 0.1) is 0 Å². The van der Waals surface area contributed by atoms with Gasteiger partial charge in [-0.1, -0.05) is 54.6 Å². The van der Waals surface area contributed by atoms with E-state index in [1.807, 2.05) is 42.5 Å². The van der Waals surface area contributed by atoms with E-state index in [9.17, 15) is 14.4 Å². The number of nitrogens with zero attached hydrogens (tertiary/aromatic N) is 1. The third-order valence-corrected chi connectivity index (χ3v) is 5.72. The lowest BCUT2D eigenvalue weighted by Crippen LogP contribution is -2.26. The Morgan fingerprint density at radius 3 is 2.20 bits per heavy atom. The fourth-order valence-corrected chi connectivity index (χ4v) is 3.79. The van der Waals surface area contributed by atoms with Crippen molar-refractivity contribution in [3.8, 4) is 11.1 Å². The summed E-state index contributed by atoms with van der Waals surface area (Å²) in [6, 6.07) is 22.0. The molecule has 1 amide bonds. The molecule has 0 saturated carbocycles. The van der Waals surface area contributed by atoms with Crippen LogP contribution in [0.25, 0.3) is 21.9 Å². The number of nitrogens with one attached hydrogen (secondary N) is 3. The first-order valence-electron chi connectivity index (χ1n) is 11.4. The summed E-state index contributed by atoms with van der Waals surface area (Å²) in [7, 11) is 0. The molecular formula is C27H26N4O4. The summed E-state index contributed by atoms with van der Waals surface area (Å²) >= 11 is 0. The van der Waals surface area contributed by atoms with Crippen LogP contribution in [0.15, 0.2) is 77.6 Å². The monoisotopic (exact) mass is 470 g/mol. The van der Waals surface area contributed by atoms with E-state index in [1.54, 1.807) is 30.3 Å². The van der Waals surface area contributed by atoms with Gasteiger partial charge in [0.05, 0.1) is 10.9 Å². The molecule has 8 nitrogen and oxygen atoms in total. The first-order valence-corrected chi connectivity index (χ1v) is 11.4. The van der Waals surface area contributed by atoms with Gasteiger partial charge in [0.1, 0.15) is 0 Å². The molecule has 0 radical (unpaired) electrons. The van der Waals surface area contributed by atoms with Gasteiger partial charge in [-0.15, -0.1) is 0 Å². The average Bonchev–Trinajstić information content (AvgIpc) is 2.89. The lowest BCUT2D eigenvalue weighted by Gasteiger charge is -2.09. The number of carbonyl (C=O) groups is 2. The summed E-state index contributed by atoms with van der Waals surface area (Å²) in [6.07, 6.45) is 1.75. The van der Waals surface area contributed by atoms with Crippen molar-refractivity contribution in [2.24, 2.45) is 0 Å². The van der Waals surface area contributed by atoms with Crippen LogP contribution in [0.2, 0.25) is 0 Å². The number of carbonyl (C=O) groups excluding carboxylic acids is 1. The Bertz CT molecular complexity index is 1380. The molecule has 1 aromatic heterocycles. The third-order valence-electron chi connectivity index (χ3n) is 5.72. The van der Waals surface area contributed by atoms with Crippen LogP contribution in [0.3, 0.4) is 0 Å². The minimum Gasteiger partial charge on any atom is -0.478 e. The normalized spacial score (nSPS) is 10.7. The summed E-state index contributed by atoms with van der Waals surface area (Å²) in [5.74, 6) is -0.334. The van der Waals surface area contributed by atoms with Gasteiger partial charge in [0.2, 0.25) is 5.91 Å². The van der Waals surface area contributed by atoms with Gasteiger partial charge >= 0.3 is 5.97 Å². The van der Waals surface area contributed by atoms with Crippen LogP contribution < -0.4 is 16.2 Å². The number of carboxylic acid groups (broad SMARTS) is 1. The zero-order valence-corrected chi connectivity index (χ0v) is 19.1. The number of aromatic carboxylic acids is 1. The summed E-state index contributed by atoms with van der Waals surface area (Å²) in [6.45, 7) is 1.15. The van der Waals surface area contributed by atoms with Gasteiger partial charge in [-0.05, 0) is 47.7 Å². The van der Waals surface area contributed by atoms with Gasteiger partial charge in [-0.25, -0.2) is 9.89 Å². The van der Waals surface area contributed by atoms with Gasteiger partial charge < -0.3 is 15.7 Å². The summed E-state index contributed by atoms with van der Waals surface area (Å²) < 4.78 is 0. The molecule has 8 heteroatoms. The van der Waals surface area contributed by atoms with Crippen molar-refractivity contribution >= 4 is 28.5 Å². The number of amides is 1. The van der Waals surface area contributed by atoms with E-state index in [4.69, 9.17) is 5.11 Å². The number of rotatable bonds is 10. The SMILES string of the molecule is O=C(CCc1ccc(-c2ccc(C(=O)O)cc2)cc1)NCCCNc1n[nH]c(=O)c2ccccc12. The molecule has 0 bridgehead atoms. The Hall–Kier alpha value is -4.46. The van der Waals surface area contributed by atoms with Gasteiger partial charge in [0, 0.05) is 24.9 Å². The zero-order chi connectivity index (χ0) is 24.6. The van der Waals surface area contributed by atoms with E-state index < -0.39 is 5.97 Å². The summed E-state index contributed by atoms with van der Waals surface area (Å²) in [5, 5.41) is 23.1. The molecule has 0 unspecified atom stereocenters. The van der Waals surface area contributed by atoms with Crippen molar-refractivity contribution in [2.45, 2.75) is 19.3 Å². The highest BCUT2D eigenvalue weighted by atomic mass is 16.4. The van der Waals surface area contributed by atoms with Crippen molar-refractivity contribution < 1.29 is 14.7 Å². The van der Waals surface area contributed by atoms with Crippen LogP contribution in [-0.4, -0.2) is 40.3 Å². The maximum atomic E-state index is 12.2. The molecule has 0 atom stereocenters. The number of anilines is 1. The van der Waals surface area contributed by atoms with Gasteiger partial charge in [-0.2, -0.15) is 5.10 Å². The molecule has 35 heavy (non-hydrogen) atoms. The molecule has 178 valence electrons. The zero-order valence-electron chi connectivity index (χ0n) is 19.1. The molecule has 0 fully saturated rings. The van der Waals surface area contributed by atoms with Crippen molar-refractivity contribution in [1.29, 1.82) is 0 Å². The molecule has 0 aliphatic carbocycles. The van der Waals surface area contributed by atoms with Crippen molar-refractivity contribution in [3.05, 3.63) is 94.3 Å². The molecule has 4 rings (SSSR count). The van der Waals surface area contributed by atoms with E-state index in [0.717, 1.165) is 28.5 Å². The molecule has 3 aromatic carbocycles. The Kier molecular flexibility index (Phi) is 7.52. The fraction of sp³-hybridized carbons (Fsp3) is 0.185. The van der Waals surface area contributed by atoms with Gasteiger partial charge in [0.25, 0.3) is 5.56 Å². The average molecular weight is 471 g/mol. The number of H-pyrrole nitrogens is 1. The largest absolute Gasteiger partial charge is 0.478 e. The Morgan fingerprint density at radius 2 is 1.51 bits per heavy atom. The van der Waals surface area contributed by atoms with E-state index in [2.05, 4.69) is 20.8 Å². The highest BCUT2D eigenvalue weighted by Gasteiger charge is 2.07. The first-order chi connectivity index (χ1) is 17.0. The summed E-state index contributed by atoms with van der Waals surface area (Å²) in [5.41, 5.74) is 3.03. The van der Waals surface area contributed by atoms with Crippen LogP contribution in [0.5, 0.6) is 0 Å². The van der Waals surface area contributed by atoms with Crippen molar-refractivity contribution in [2.75, 3.05) is 18.4 Å². The summed E-state index contributed by atoms with van der Waals surface area (Å²) in [4.78, 5) is 35.0. The second kappa shape index (κ2) is 11.1. The van der Waals surface area contributed by atoms with Crippen LogP contribution in [0.4, 0.5) is 5.82 Å². The lowest BCUT2D eigenvalue weighted by atomic mass is 10.0. The predicted octanol–water partition coefficient (Wildman–Crippen LogP) is 3.84. The second-order valence-electron chi connectivity index (χ2n) is 8.16. The highest BCUT2D eigenvalue weighted by Crippen LogP contribution is 2.21. The van der Waals surface area contributed by atoms with E-state index in [-0.39, 0.29) is 17.0 Å². The minimum atomic E-state index is -0.944. The smallest absolute Gasteiger partial charge is 0.335 e. The maximum absolute atomic E-state index is 12.2. The first kappa shape index (κ1) is 23.7. The number of fused-ring (bicyclic) bond motifs is 1. The molecule has 0 aliphatic heterocycles. The van der Waals surface area contributed by atoms with Crippen molar-refractivity contribution in [3.63, 3.8) is 0 Å². The van der Waals surface area contributed by atoms with E-state index >= 15 is 0 Å². The van der Waals surface area contributed by atoms with Crippen LogP contribution >= 0.6 is 0 Å². The topological polar surface area (TPSA) is 124 Å². The standard InChI is InChI=1S/C27H26N4O4/c32-24(28-16-3-17-29-25-22-4-1-2-5-23(22)26(33)31-30-25)15-8-18-6-9-19(10-7-18)20-11-13-21(14-12-20)27(34)35/h1-2,4-7,9-14H,3,8,15-17H2,(H,28,32)(H,29,30)(H,31,33)(H,34,35). The molecule has 1 heterocycles. The van der Waals surface area contributed by atoms with Gasteiger partial charge in [0.15, 0.2) is 5.82 Å². The third kappa shape index (κ3) is 6.11. The Morgan fingerprint density at radius 1 is 0.857 bits per heavy atom. The second-order valence-corrected chi connectivity index (χ2v) is 8.16. The van der Waals surface area contributed by atoms with Crippen LogP contribution in [-0.2, 0) is 11.2 Å². The molecular weight excluding hydrogens is 444 g/mol. The minimum absolute atomic E-state index is 0.00838. The highest BCUT2D eigenvalue weighted by molar-refractivity contribution is 5.90.